The minimum atomic E-state index is -1.22. The van der Waals surface area contributed by atoms with Crippen LogP contribution in [-0.4, -0.2) is 45.0 Å². The molecular weight excluding hydrogens is 362 g/mol. The van der Waals surface area contributed by atoms with Crippen LogP contribution < -0.4 is 5.32 Å². The fourth-order valence-electron chi connectivity index (χ4n) is 2.70. The van der Waals surface area contributed by atoms with Crippen molar-refractivity contribution in [2.24, 2.45) is 0 Å². The van der Waals surface area contributed by atoms with Crippen molar-refractivity contribution in [3.63, 3.8) is 0 Å². The zero-order valence-corrected chi connectivity index (χ0v) is 14.5. The molecule has 128 valence electrons. The molecule has 2 atom stereocenters. The van der Waals surface area contributed by atoms with Crippen LogP contribution in [0.5, 0.6) is 0 Å². The summed E-state index contributed by atoms with van der Waals surface area (Å²) in [6.07, 6.45) is 2.78. The number of carbonyl (C=O) groups is 3. The van der Waals surface area contributed by atoms with Gasteiger partial charge in [-0.3, -0.25) is 14.5 Å². The normalized spacial score (nSPS) is 22.4. The summed E-state index contributed by atoms with van der Waals surface area (Å²) in [5.41, 5.74) is 0.288. The van der Waals surface area contributed by atoms with E-state index in [1.807, 2.05) is 23.6 Å². The van der Waals surface area contributed by atoms with Gasteiger partial charge in [0.25, 0.3) is 5.91 Å². The van der Waals surface area contributed by atoms with E-state index in [9.17, 15) is 19.5 Å². The van der Waals surface area contributed by atoms with E-state index in [-0.39, 0.29) is 18.0 Å². The monoisotopic (exact) mass is 375 g/mol. The number of carbonyl (C=O) groups excluding carboxylic acids is 2. The lowest BCUT2D eigenvalue weighted by molar-refractivity contribution is -0.150. The summed E-state index contributed by atoms with van der Waals surface area (Å²) in [4.78, 5) is 38.1. The summed E-state index contributed by atoms with van der Waals surface area (Å²) in [6, 6.07) is 4.77. The average Bonchev–Trinajstić information content (AvgIpc) is 3.09. The van der Waals surface area contributed by atoms with Crippen LogP contribution in [0.25, 0.3) is 0 Å². The summed E-state index contributed by atoms with van der Waals surface area (Å²) >= 11 is 2.82. The molecule has 2 N–H and O–H groups in total. The van der Waals surface area contributed by atoms with Gasteiger partial charge in [-0.2, -0.15) is 5.26 Å². The molecule has 1 saturated heterocycles. The Morgan fingerprint density at radius 2 is 2.32 bits per heavy atom. The molecule has 2 aliphatic heterocycles. The Kier molecular flexibility index (Phi) is 4.92. The van der Waals surface area contributed by atoms with E-state index in [2.05, 4.69) is 5.32 Å². The first-order valence-electron chi connectivity index (χ1n) is 7.32. The summed E-state index contributed by atoms with van der Waals surface area (Å²) in [6.45, 7) is 0. The number of hydrogen-bond donors (Lipinski definition) is 2. The zero-order chi connectivity index (χ0) is 18.0. The van der Waals surface area contributed by atoms with Gasteiger partial charge in [0.05, 0.1) is 12.5 Å². The minimum absolute atomic E-state index is 0.121. The molecule has 3 rings (SSSR count). The highest BCUT2D eigenvalue weighted by molar-refractivity contribution is 8.00. The molecule has 1 fully saturated rings. The number of allylic oxidation sites excluding steroid dienone is 2. The molecule has 7 nitrogen and oxygen atoms in total. The number of carboxylic acids is 1. The number of aliphatic carboxylic acids is 1. The van der Waals surface area contributed by atoms with Crippen LogP contribution in [0.1, 0.15) is 4.88 Å². The average molecular weight is 375 g/mol. The Morgan fingerprint density at radius 3 is 2.96 bits per heavy atom. The number of amides is 2. The lowest BCUT2D eigenvalue weighted by atomic mass is 10.0. The second-order valence-corrected chi connectivity index (χ2v) is 7.49. The predicted molar refractivity (Wildman–Crippen MR) is 92.5 cm³/mol. The number of nitrogens with one attached hydrogen (secondary N) is 1. The number of rotatable bonds is 5. The molecule has 0 bridgehead atoms. The van der Waals surface area contributed by atoms with Crippen LogP contribution >= 0.6 is 23.1 Å². The highest BCUT2D eigenvalue weighted by Crippen LogP contribution is 2.40. The highest BCUT2D eigenvalue weighted by Gasteiger charge is 2.53. The number of carboxylic acid groups (broad SMARTS) is 1. The molecule has 2 unspecified atom stereocenters. The zero-order valence-electron chi connectivity index (χ0n) is 12.8. The van der Waals surface area contributed by atoms with Crippen molar-refractivity contribution in [1.29, 1.82) is 5.26 Å². The van der Waals surface area contributed by atoms with Crippen LogP contribution in [0.15, 0.2) is 40.9 Å². The Bertz CT molecular complexity index is 823. The van der Waals surface area contributed by atoms with E-state index in [1.54, 1.807) is 0 Å². The Morgan fingerprint density at radius 1 is 1.52 bits per heavy atom. The largest absolute Gasteiger partial charge is 0.477 e. The molecule has 9 heteroatoms. The van der Waals surface area contributed by atoms with Crippen molar-refractivity contribution < 1.29 is 19.5 Å². The fraction of sp³-hybridized carbons (Fsp3) is 0.250. The number of hydrogen-bond acceptors (Lipinski definition) is 6. The minimum Gasteiger partial charge on any atom is -0.477 e. The molecule has 1 aromatic rings. The van der Waals surface area contributed by atoms with Crippen LogP contribution in [0.4, 0.5) is 0 Å². The van der Waals surface area contributed by atoms with E-state index in [4.69, 9.17) is 5.26 Å². The predicted octanol–water partition coefficient (Wildman–Crippen LogP) is 1.11. The van der Waals surface area contributed by atoms with E-state index in [0.29, 0.717) is 11.3 Å². The van der Waals surface area contributed by atoms with Gasteiger partial charge in [-0.25, -0.2) is 4.79 Å². The molecular formula is C16H13N3O4S2. The van der Waals surface area contributed by atoms with Crippen molar-refractivity contribution in [3.8, 4) is 6.07 Å². The Hall–Kier alpha value is -2.57. The lowest BCUT2D eigenvalue weighted by Crippen LogP contribution is -2.70. The number of fused-ring (bicyclic) bond motifs is 1. The van der Waals surface area contributed by atoms with Gasteiger partial charge >= 0.3 is 5.97 Å². The Labute approximate surface area is 151 Å². The van der Waals surface area contributed by atoms with Crippen molar-refractivity contribution in [2.45, 2.75) is 17.8 Å². The van der Waals surface area contributed by atoms with Gasteiger partial charge in [0.1, 0.15) is 17.1 Å². The maximum absolute atomic E-state index is 12.4. The molecule has 1 aromatic heterocycles. The second-order valence-electron chi connectivity index (χ2n) is 5.35. The van der Waals surface area contributed by atoms with Gasteiger partial charge in [-0.1, -0.05) is 6.07 Å². The van der Waals surface area contributed by atoms with Gasteiger partial charge < -0.3 is 10.4 Å². The van der Waals surface area contributed by atoms with Crippen LogP contribution in [0.3, 0.4) is 0 Å². The molecule has 0 radical (unpaired) electrons. The summed E-state index contributed by atoms with van der Waals surface area (Å²) in [5, 5.41) is 22.2. The fourth-order valence-corrected chi connectivity index (χ4v) is 4.73. The molecule has 25 heavy (non-hydrogen) atoms. The van der Waals surface area contributed by atoms with Gasteiger partial charge in [-0.15, -0.1) is 23.1 Å². The smallest absolute Gasteiger partial charge is 0.352 e. The molecule has 0 aliphatic carbocycles. The van der Waals surface area contributed by atoms with E-state index in [1.165, 1.54) is 40.2 Å². The number of β-lactam (4-membered cyclic amide) rings is 1. The summed E-state index contributed by atoms with van der Waals surface area (Å²) in [7, 11) is 0. The number of nitrogens with zero attached hydrogens (tertiary/aromatic N) is 2. The Balaban J connectivity index is 1.73. The molecule has 2 aliphatic rings. The summed E-state index contributed by atoms with van der Waals surface area (Å²) in [5.74, 6) is -1.58. The van der Waals surface area contributed by atoms with Crippen molar-refractivity contribution in [2.75, 3.05) is 5.75 Å². The summed E-state index contributed by atoms with van der Waals surface area (Å²) < 4.78 is 0. The van der Waals surface area contributed by atoms with Crippen molar-refractivity contribution >= 4 is 40.9 Å². The van der Waals surface area contributed by atoms with E-state index >= 15 is 0 Å². The third kappa shape index (κ3) is 3.31. The van der Waals surface area contributed by atoms with Gasteiger partial charge in [-0.05, 0) is 23.1 Å². The first-order valence-corrected chi connectivity index (χ1v) is 9.24. The molecule has 0 saturated carbocycles. The van der Waals surface area contributed by atoms with Crippen LogP contribution in [0.2, 0.25) is 0 Å². The molecule has 3 heterocycles. The first kappa shape index (κ1) is 17.3. The van der Waals surface area contributed by atoms with Gasteiger partial charge in [0.2, 0.25) is 5.91 Å². The van der Waals surface area contributed by atoms with Crippen LogP contribution in [0, 0.1) is 11.3 Å². The highest BCUT2D eigenvalue weighted by atomic mass is 32.2. The van der Waals surface area contributed by atoms with Crippen LogP contribution in [-0.2, 0) is 20.8 Å². The van der Waals surface area contributed by atoms with Gasteiger partial charge in [0, 0.05) is 16.7 Å². The third-order valence-electron chi connectivity index (χ3n) is 3.79. The van der Waals surface area contributed by atoms with Crippen molar-refractivity contribution in [3.05, 3.63) is 45.8 Å². The maximum atomic E-state index is 12.4. The quantitative estimate of drug-likeness (QED) is 0.589. The van der Waals surface area contributed by atoms with Gasteiger partial charge in [0.15, 0.2) is 0 Å². The number of thiophene rings is 1. The molecule has 0 aromatic carbocycles. The SMILES string of the molecule is N#C/C=C/C1=C(C(=O)O)N2C(=O)C(NC(=O)Cc3cccs3)C2SC1. The lowest BCUT2D eigenvalue weighted by Gasteiger charge is -2.49. The molecule has 0 spiro atoms. The molecule has 2 amide bonds. The topological polar surface area (TPSA) is 110 Å². The van der Waals surface area contributed by atoms with Crippen molar-refractivity contribution in [1.82, 2.24) is 10.2 Å². The number of thioether (sulfide) groups is 1. The van der Waals surface area contributed by atoms with E-state index < -0.39 is 23.3 Å². The number of nitriles is 1. The third-order valence-corrected chi connectivity index (χ3v) is 5.97. The maximum Gasteiger partial charge on any atom is 0.352 e. The second kappa shape index (κ2) is 7.13. The first-order chi connectivity index (χ1) is 12.0. The standard InChI is InChI=1S/C16H13N3O4S2/c17-5-1-3-9-8-25-15-12(14(21)19(15)13(9)16(22)23)18-11(20)7-10-4-2-6-24-10/h1-4,6,12,15H,7-8H2,(H,18,20)(H,22,23)/b3-1+. The van der Waals surface area contributed by atoms with E-state index in [0.717, 1.165) is 4.88 Å².